The Bertz CT molecular complexity index is 1200. The van der Waals surface area contributed by atoms with E-state index in [0.717, 1.165) is 16.8 Å². The molecular formula is C29H39N3O10. The molecule has 0 saturated carbocycles. The molecule has 4 rings (SSSR count). The quantitative estimate of drug-likeness (QED) is 0.199. The minimum Gasteiger partial charge on any atom is -0.487 e. The van der Waals surface area contributed by atoms with Crippen molar-refractivity contribution < 1.29 is 49.3 Å². The van der Waals surface area contributed by atoms with E-state index in [0.29, 0.717) is 32.7 Å². The van der Waals surface area contributed by atoms with E-state index in [9.17, 15) is 35.1 Å². The predicted octanol–water partition coefficient (Wildman–Crippen LogP) is -0.430. The number of hydrogen-bond donors (Lipinski definition) is 6. The standard InChI is InChI=1S/C29H39N3O10/c1-17-6-5-7-18(2)23(17)30-22(34)15-32-12-10-31(11-13-32)14-19(33)16-40-20-8-3-4-9-21(20)41-29-26(37)24(35)25(36)27(42-29)28(38)39/h3-9,19,24-27,29,33,35-37H,10-16H2,1-2H3,(H,30,34)(H,38,39)/t19?,24-,25-,26+,27-,29?/m0/s1. The fourth-order valence-corrected chi connectivity index (χ4v) is 5.00. The third kappa shape index (κ3) is 7.95. The Balaban J connectivity index is 1.23. The lowest BCUT2D eigenvalue weighted by Crippen LogP contribution is -2.61. The fraction of sp³-hybridized carbons (Fsp3) is 0.517. The van der Waals surface area contributed by atoms with Gasteiger partial charge < -0.3 is 45.1 Å². The Kier molecular flexibility index (Phi) is 10.7. The van der Waals surface area contributed by atoms with Crippen LogP contribution in [0.3, 0.4) is 0 Å². The normalized spacial score (nSPS) is 25.9. The molecule has 2 aromatic carbocycles. The van der Waals surface area contributed by atoms with Crippen molar-refractivity contribution in [1.29, 1.82) is 0 Å². The van der Waals surface area contributed by atoms with Crippen LogP contribution < -0.4 is 14.8 Å². The zero-order valence-corrected chi connectivity index (χ0v) is 23.6. The van der Waals surface area contributed by atoms with Crippen LogP contribution in [0.5, 0.6) is 11.5 Å². The van der Waals surface area contributed by atoms with Crippen molar-refractivity contribution in [3.05, 3.63) is 53.6 Å². The summed E-state index contributed by atoms with van der Waals surface area (Å²) < 4.78 is 16.5. The van der Waals surface area contributed by atoms with E-state index in [2.05, 4.69) is 15.1 Å². The summed E-state index contributed by atoms with van der Waals surface area (Å²) in [6.07, 6.45) is -9.58. The molecule has 0 bridgehead atoms. The smallest absolute Gasteiger partial charge is 0.335 e. The number of nitrogens with zero attached hydrogens (tertiary/aromatic N) is 2. The number of anilines is 1. The molecule has 0 spiro atoms. The first-order chi connectivity index (χ1) is 20.0. The largest absolute Gasteiger partial charge is 0.487 e. The van der Waals surface area contributed by atoms with Crippen molar-refractivity contribution in [3.63, 3.8) is 0 Å². The number of ether oxygens (including phenoxy) is 3. The van der Waals surface area contributed by atoms with E-state index in [1.807, 2.05) is 32.0 Å². The third-order valence-corrected chi connectivity index (χ3v) is 7.38. The summed E-state index contributed by atoms with van der Waals surface area (Å²) in [5.74, 6) is -1.28. The number of benzene rings is 2. The Hall–Kier alpha value is -3.30. The summed E-state index contributed by atoms with van der Waals surface area (Å²) in [6, 6.07) is 12.2. The van der Waals surface area contributed by atoms with Crippen molar-refractivity contribution in [1.82, 2.24) is 9.80 Å². The summed E-state index contributed by atoms with van der Waals surface area (Å²) in [4.78, 5) is 28.1. The number of carbonyl (C=O) groups is 2. The fourth-order valence-electron chi connectivity index (χ4n) is 5.00. The lowest BCUT2D eigenvalue weighted by molar-refractivity contribution is -0.271. The van der Waals surface area contributed by atoms with E-state index in [1.54, 1.807) is 18.2 Å². The number of para-hydroxylation sites is 3. The van der Waals surface area contributed by atoms with Gasteiger partial charge in [0, 0.05) is 38.4 Å². The van der Waals surface area contributed by atoms with Gasteiger partial charge in [-0.2, -0.15) is 0 Å². The molecule has 2 fully saturated rings. The lowest BCUT2D eigenvalue weighted by atomic mass is 9.99. The molecule has 1 amide bonds. The number of β-amino-alcohol motifs (C(OH)–C–C–N with tert-alkyl or cyclic N) is 1. The molecule has 13 heteroatoms. The second kappa shape index (κ2) is 14.2. The van der Waals surface area contributed by atoms with Gasteiger partial charge in [-0.1, -0.05) is 30.3 Å². The molecule has 2 aliphatic rings. The molecule has 42 heavy (non-hydrogen) atoms. The second-order valence-corrected chi connectivity index (χ2v) is 10.7. The van der Waals surface area contributed by atoms with Gasteiger partial charge in [-0.15, -0.1) is 0 Å². The number of aliphatic carboxylic acids is 1. The Morgan fingerprint density at radius 1 is 0.929 bits per heavy atom. The number of amides is 1. The first-order valence-electron chi connectivity index (χ1n) is 13.8. The molecule has 6 atom stereocenters. The van der Waals surface area contributed by atoms with Crippen molar-refractivity contribution in [3.8, 4) is 11.5 Å². The van der Waals surface area contributed by atoms with Gasteiger partial charge in [0.25, 0.3) is 0 Å². The zero-order valence-electron chi connectivity index (χ0n) is 23.6. The van der Waals surface area contributed by atoms with Gasteiger partial charge in [0.15, 0.2) is 17.6 Å². The van der Waals surface area contributed by atoms with Crippen molar-refractivity contribution in [2.75, 3.05) is 51.2 Å². The average molecular weight is 590 g/mol. The van der Waals surface area contributed by atoms with Crippen LogP contribution in [0.1, 0.15) is 11.1 Å². The summed E-state index contributed by atoms with van der Waals surface area (Å²) >= 11 is 0. The van der Waals surface area contributed by atoms with Gasteiger partial charge in [0.05, 0.1) is 6.54 Å². The topological polar surface area (TPSA) is 181 Å². The number of aliphatic hydroxyl groups is 4. The van der Waals surface area contributed by atoms with Crippen LogP contribution in [0, 0.1) is 13.8 Å². The van der Waals surface area contributed by atoms with Crippen LogP contribution in [-0.4, -0.2) is 130 Å². The molecule has 2 aromatic rings. The number of carboxylic acid groups (broad SMARTS) is 1. The third-order valence-electron chi connectivity index (χ3n) is 7.38. The zero-order chi connectivity index (χ0) is 30.4. The van der Waals surface area contributed by atoms with Crippen LogP contribution in [0.15, 0.2) is 42.5 Å². The molecule has 0 radical (unpaired) electrons. The minimum atomic E-state index is -1.83. The number of nitrogens with one attached hydrogen (secondary N) is 1. The van der Waals surface area contributed by atoms with Gasteiger partial charge in [-0.25, -0.2) is 4.79 Å². The number of aliphatic hydroxyl groups excluding tert-OH is 4. The molecule has 0 aromatic heterocycles. The van der Waals surface area contributed by atoms with Crippen molar-refractivity contribution in [2.45, 2.75) is 50.7 Å². The summed E-state index contributed by atoms with van der Waals surface area (Å²) in [5, 5.41) is 53.1. The monoisotopic (exact) mass is 589 g/mol. The first-order valence-corrected chi connectivity index (χ1v) is 13.8. The number of aryl methyl sites for hydroxylation is 2. The van der Waals surface area contributed by atoms with Crippen molar-refractivity contribution >= 4 is 17.6 Å². The molecule has 2 saturated heterocycles. The van der Waals surface area contributed by atoms with Gasteiger partial charge in [0.2, 0.25) is 12.2 Å². The highest BCUT2D eigenvalue weighted by atomic mass is 16.7. The number of carbonyl (C=O) groups excluding carboxylic acids is 1. The van der Waals surface area contributed by atoms with E-state index in [-0.39, 0.29) is 30.6 Å². The summed E-state index contributed by atoms with van der Waals surface area (Å²) in [6.45, 7) is 7.17. The molecule has 13 nitrogen and oxygen atoms in total. The van der Waals surface area contributed by atoms with Crippen LogP contribution in [0.2, 0.25) is 0 Å². The van der Waals surface area contributed by atoms with Crippen LogP contribution >= 0.6 is 0 Å². The molecule has 6 N–H and O–H groups in total. The molecule has 0 aliphatic carbocycles. The van der Waals surface area contributed by atoms with Gasteiger partial charge in [0.1, 0.15) is 31.0 Å². The summed E-state index contributed by atoms with van der Waals surface area (Å²) in [5.41, 5.74) is 2.88. The van der Waals surface area contributed by atoms with E-state index >= 15 is 0 Å². The lowest BCUT2D eigenvalue weighted by Gasteiger charge is -2.38. The molecular weight excluding hydrogens is 550 g/mol. The molecule has 2 aliphatic heterocycles. The number of hydrogen-bond acceptors (Lipinski definition) is 11. The predicted molar refractivity (Wildman–Crippen MR) is 150 cm³/mol. The van der Waals surface area contributed by atoms with E-state index < -0.39 is 42.8 Å². The van der Waals surface area contributed by atoms with Crippen LogP contribution in [-0.2, 0) is 14.3 Å². The van der Waals surface area contributed by atoms with Gasteiger partial charge in [-0.3, -0.25) is 14.6 Å². The van der Waals surface area contributed by atoms with Crippen molar-refractivity contribution in [2.24, 2.45) is 0 Å². The SMILES string of the molecule is Cc1cccc(C)c1NC(=O)CN1CCN(CC(O)COc2ccccc2OC2O[C@H](C(=O)O)[C@@H](O)[C@H](O)[C@H]2O)CC1. The molecule has 230 valence electrons. The number of piperazine rings is 1. The van der Waals surface area contributed by atoms with Crippen LogP contribution in [0.4, 0.5) is 5.69 Å². The highest BCUT2D eigenvalue weighted by molar-refractivity contribution is 5.93. The minimum absolute atomic E-state index is 0.0644. The second-order valence-electron chi connectivity index (χ2n) is 10.7. The molecule has 2 unspecified atom stereocenters. The number of carboxylic acids is 1. The average Bonchev–Trinajstić information content (AvgIpc) is 2.95. The maximum absolute atomic E-state index is 12.6. The highest BCUT2D eigenvalue weighted by Crippen LogP contribution is 2.31. The maximum atomic E-state index is 12.6. The highest BCUT2D eigenvalue weighted by Gasteiger charge is 2.48. The summed E-state index contributed by atoms with van der Waals surface area (Å²) in [7, 11) is 0. The Morgan fingerprint density at radius 3 is 2.19 bits per heavy atom. The maximum Gasteiger partial charge on any atom is 0.335 e. The first kappa shape index (κ1) is 31.6. The van der Waals surface area contributed by atoms with Crippen LogP contribution in [0.25, 0.3) is 0 Å². The van der Waals surface area contributed by atoms with Gasteiger partial charge >= 0.3 is 5.97 Å². The molecule has 2 heterocycles. The van der Waals surface area contributed by atoms with Gasteiger partial charge in [-0.05, 0) is 37.1 Å². The number of rotatable bonds is 11. The van der Waals surface area contributed by atoms with E-state index in [1.165, 1.54) is 6.07 Å². The Morgan fingerprint density at radius 2 is 1.55 bits per heavy atom. The van der Waals surface area contributed by atoms with E-state index in [4.69, 9.17) is 14.2 Å². The Labute approximate surface area is 243 Å².